The predicted octanol–water partition coefficient (Wildman–Crippen LogP) is 12.8. The van der Waals surface area contributed by atoms with Crippen molar-refractivity contribution < 1.29 is 4.42 Å². The predicted molar refractivity (Wildman–Crippen MR) is 220 cm³/mol. The molecule has 11 aromatic rings. The first-order valence-corrected chi connectivity index (χ1v) is 18.2. The molecule has 0 spiro atoms. The van der Waals surface area contributed by atoms with Crippen molar-refractivity contribution in [1.82, 2.24) is 4.57 Å². The maximum Gasteiger partial charge on any atom is 0.170 e. The highest BCUT2D eigenvalue weighted by atomic mass is 32.1. The molecule has 240 valence electrons. The van der Waals surface area contributed by atoms with Crippen LogP contribution in [0.5, 0.6) is 0 Å². The van der Waals surface area contributed by atoms with E-state index in [1.165, 1.54) is 41.7 Å². The number of nitrogens with zero attached hydrogens (tertiary/aromatic N) is 3. The molecule has 0 aliphatic carbocycles. The van der Waals surface area contributed by atoms with Crippen LogP contribution in [0.1, 0.15) is 11.1 Å². The average molecular weight is 680 g/mol. The Bertz CT molecular complexity index is 3460. The molecule has 1 aliphatic heterocycles. The van der Waals surface area contributed by atoms with Crippen LogP contribution in [0, 0.1) is 0 Å². The summed E-state index contributed by atoms with van der Waals surface area (Å²) in [6, 6.07) is 54.1. The van der Waals surface area contributed by atoms with Crippen LogP contribution in [0.3, 0.4) is 0 Å². The lowest BCUT2D eigenvalue weighted by molar-refractivity contribution is 0.670. The lowest BCUT2D eigenvalue weighted by Crippen LogP contribution is -2.00. The number of thiophene rings is 1. The van der Waals surface area contributed by atoms with E-state index in [9.17, 15) is 0 Å². The number of fused-ring (bicyclic) bond motifs is 12. The molecule has 8 aromatic carbocycles. The third-order valence-electron chi connectivity index (χ3n) is 10.6. The van der Waals surface area contributed by atoms with Crippen LogP contribution in [0.4, 0.5) is 0 Å². The second-order valence-corrected chi connectivity index (χ2v) is 14.6. The van der Waals surface area contributed by atoms with Crippen LogP contribution in [-0.4, -0.2) is 16.3 Å². The van der Waals surface area contributed by atoms with Crippen molar-refractivity contribution in [3.8, 4) is 5.69 Å². The average Bonchev–Trinajstić information content (AvgIpc) is 3.99. The molecular weight excluding hydrogens is 655 g/mol. The molecule has 0 saturated carbocycles. The van der Waals surface area contributed by atoms with Gasteiger partial charge in [0.15, 0.2) is 11.4 Å². The van der Waals surface area contributed by atoms with Gasteiger partial charge in [-0.3, -0.25) is 0 Å². The number of para-hydroxylation sites is 1. The van der Waals surface area contributed by atoms with Crippen molar-refractivity contribution in [3.63, 3.8) is 0 Å². The van der Waals surface area contributed by atoms with Gasteiger partial charge < -0.3 is 8.98 Å². The summed E-state index contributed by atoms with van der Waals surface area (Å²) in [5.74, 6) is 3.90. The zero-order valence-corrected chi connectivity index (χ0v) is 28.4. The number of hydrogen-bond donors (Lipinski definition) is 0. The molecule has 0 radical (unpaired) electrons. The van der Waals surface area contributed by atoms with Crippen molar-refractivity contribution in [1.29, 1.82) is 0 Å². The number of hydrogen-bond acceptors (Lipinski definition) is 4. The fourth-order valence-electron chi connectivity index (χ4n) is 8.26. The van der Waals surface area contributed by atoms with Crippen LogP contribution < -0.4 is 0 Å². The summed E-state index contributed by atoms with van der Waals surface area (Å²) in [5, 5.41) is 11.6. The molecule has 0 unspecified atom stereocenters. The molecule has 4 heterocycles. The van der Waals surface area contributed by atoms with E-state index in [0.29, 0.717) is 5.84 Å². The van der Waals surface area contributed by atoms with Crippen molar-refractivity contribution >= 4 is 114 Å². The quantitative estimate of drug-likeness (QED) is 0.183. The van der Waals surface area contributed by atoms with E-state index in [1.54, 1.807) is 0 Å². The van der Waals surface area contributed by atoms with E-state index in [2.05, 4.69) is 162 Å². The summed E-state index contributed by atoms with van der Waals surface area (Å²) in [5.41, 5.74) is 7.56. The van der Waals surface area contributed by atoms with Gasteiger partial charge in [-0.1, -0.05) is 97.1 Å². The van der Waals surface area contributed by atoms with Gasteiger partial charge in [0, 0.05) is 64.1 Å². The first-order chi connectivity index (χ1) is 25.8. The molecule has 12 rings (SSSR count). The number of aliphatic imine (C=N–C) groups is 2. The van der Waals surface area contributed by atoms with E-state index in [0.717, 1.165) is 66.3 Å². The molecule has 52 heavy (non-hydrogen) atoms. The second kappa shape index (κ2) is 10.4. The molecule has 0 N–H and O–H groups in total. The van der Waals surface area contributed by atoms with Crippen molar-refractivity contribution in [2.24, 2.45) is 9.98 Å². The number of aromatic nitrogens is 1. The zero-order chi connectivity index (χ0) is 33.9. The molecule has 0 saturated heterocycles. The molecule has 0 bridgehead atoms. The Morgan fingerprint density at radius 2 is 1.27 bits per heavy atom. The molecule has 4 nitrogen and oxygen atoms in total. The van der Waals surface area contributed by atoms with E-state index < -0.39 is 0 Å². The summed E-state index contributed by atoms with van der Waals surface area (Å²) in [4.78, 5) is 9.97. The monoisotopic (exact) mass is 679 g/mol. The van der Waals surface area contributed by atoms with Crippen molar-refractivity contribution in [3.05, 3.63) is 163 Å². The summed E-state index contributed by atoms with van der Waals surface area (Å²) in [7, 11) is 0. The normalized spacial score (nSPS) is 13.2. The Balaban J connectivity index is 1.12. The highest BCUT2D eigenvalue weighted by Crippen LogP contribution is 2.43. The Morgan fingerprint density at radius 1 is 0.519 bits per heavy atom. The van der Waals surface area contributed by atoms with Crippen LogP contribution in [-0.2, 0) is 0 Å². The third-order valence-corrected chi connectivity index (χ3v) is 11.8. The minimum Gasteiger partial charge on any atom is -0.453 e. The van der Waals surface area contributed by atoms with Crippen LogP contribution in [0.2, 0.25) is 0 Å². The number of rotatable bonds is 3. The van der Waals surface area contributed by atoms with Gasteiger partial charge in [0.05, 0.1) is 16.7 Å². The molecule has 5 heteroatoms. The SMILES string of the molecule is C1=NC(c2ccc(-n3c4ccccc4c4cc5ccccc5cc43)c3oc4c5ccccc5ccc4c23)=NC=1c1ccc2sc3ccccc3c2c1. The first-order valence-electron chi connectivity index (χ1n) is 17.4. The smallest absolute Gasteiger partial charge is 0.170 e. The van der Waals surface area contributed by atoms with E-state index in [-0.39, 0.29) is 0 Å². The first kappa shape index (κ1) is 28.0. The molecule has 1 aliphatic rings. The molecule has 0 fully saturated rings. The van der Waals surface area contributed by atoms with Crippen molar-refractivity contribution in [2.75, 3.05) is 0 Å². The van der Waals surface area contributed by atoms with Gasteiger partial charge in [0.25, 0.3) is 0 Å². The Labute approximate surface area is 300 Å². The molecular formula is C47H25N3OS. The number of amidine groups is 1. The maximum atomic E-state index is 7.05. The third kappa shape index (κ3) is 3.86. The van der Waals surface area contributed by atoms with Crippen molar-refractivity contribution in [2.45, 2.75) is 0 Å². The lowest BCUT2D eigenvalue weighted by Gasteiger charge is -2.11. The Morgan fingerprint density at radius 3 is 2.17 bits per heavy atom. The lowest BCUT2D eigenvalue weighted by atomic mass is 10.0. The van der Waals surface area contributed by atoms with Crippen LogP contribution >= 0.6 is 11.3 Å². The van der Waals surface area contributed by atoms with Gasteiger partial charge in [-0.05, 0) is 70.8 Å². The molecule has 3 aromatic heterocycles. The largest absolute Gasteiger partial charge is 0.453 e. The maximum absolute atomic E-state index is 7.05. The van der Waals surface area contributed by atoms with E-state index in [1.807, 2.05) is 11.3 Å². The van der Waals surface area contributed by atoms with Gasteiger partial charge in [-0.15, -0.1) is 11.3 Å². The Kier molecular flexibility index (Phi) is 5.58. The van der Waals surface area contributed by atoms with Gasteiger partial charge in [0.1, 0.15) is 11.3 Å². The summed E-state index contributed by atoms with van der Waals surface area (Å²) >= 11 is 1.81. The zero-order valence-electron chi connectivity index (χ0n) is 27.6. The molecule has 0 atom stereocenters. The minimum atomic E-state index is 0.630. The topological polar surface area (TPSA) is 42.8 Å². The van der Waals surface area contributed by atoms with Gasteiger partial charge >= 0.3 is 0 Å². The van der Waals surface area contributed by atoms with Crippen LogP contribution in [0.25, 0.3) is 96.8 Å². The van der Waals surface area contributed by atoms with Gasteiger partial charge in [-0.25, -0.2) is 4.99 Å². The summed E-state index contributed by atoms with van der Waals surface area (Å²) in [6.45, 7) is 0. The van der Waals surface area contributed by atoms with Gasteiger partial charge in [0.2, 0.25) is 0 Å². The second-order valence-electron chi connectivity index (χ2n) is 13.5. The Hall–Kier alpha value is -6.78. The standard InChI is InChI=1S/C47H25N3OS/c1-2-11-29-25-41-36(23-28(29)10-1)32-13-5-7-15-39(32)50(41)40-21-20-35(44-34-19-17-27-9-3-4-12-31(27)45(34)51-46(40)44)47-48-26-38(49-47)30-18-22-43-37(24-30)33-14-6-8-16-42(33)52-43/h1-25H. The van der Waals surface area contributed by atoms with Crippen LogP contribution in [0.15, 0.2) is 166 Å². The summed E-state index contributed by atoms with van der Waals surface area (Å²) in [6.07, 6.45) is 0. The fraction of sp³-hybridized carbons (Fsp3) is 0. The van der Waals surface area contributed by atoms with E-state index in [4.69, 9.17) is 14.4 Å². The minimum absolute atomic E-state index is 0.630. The number of furan rings is 1. The highest BCUT2D eigenvalue weighted by molar-refractivity contribution is 7.25. The van der Waals surface area contributed by atoms with Gasteiger partial charge in [-0.2, -0.15) is 4.99 Å². The fourth-order valence-corrected chi connectivity index (χ4v) is 9.34. The summed E-state index contributed by atoms with van der Waals surface area (Å²) < 4.78 is 12.0. The molecule has 0 amide bonds. The number of benzene rings is 8. The van der Waals surface area contributed by atoms with E-state index >= 15 is 0 Å². The highest BCUT2D eigenvalue weighted by Gasteiger charge is 2.24.